The fourth-order valence-corrected chi connectivity index (χ4v) is 5.10. The highest BCUT2D eigenvalue weighted by Gasteiger charge is 2.38. The van der Waals surface area contributed by atoms with Gasteiger partial charge in [0.15, 0.2) is 11.6 Å². The highest BCUT2D eigenvalue weighted by molar-refractivity contribution is 7.08. The summed E-state index contributed by atoms with van der Waals surface area (Å²) in [5, 5.41) is 14.3. The van der Waals surface area contributed by atoms with Gasteiger partial charge < -0.3 is 14.1 Å². The quantitative estimate of drug-likeness (QED) is 0.419. The normalized spacial score (nSPS) is 15.7. The van der Waals surface area contributed by atoms with Gasteiger partial charge in [-0.25, -0.2) is 9.18 Å². The van der Waals surface area contributed by atoms with Crippen LogP contribution in [0.2, 0.25) is 0 Å². The van der Waals surface area contributed by atoms with E-state index in [1.165, 1.54) is 6.20 Å². The number of thiophene rings is 1. The maximum atomic E-state index is 15.4. The number of pyridine rings is 1. The van der Waals surface area contributed by atoms with Crippen molar-refractivity contribution in [2.45, 2.75) is 33.2 Å². The molecule has 0 radical (unpaired) electrons. The van der Waals surface area contributed by atoms with Crippen LogP contribution in [0.4, 0.5) is 4.39 Å². The zero-order valence-electron chi connectivity index (χ0n) is 17.2. The van der Waals surface area contributed by atoms with Crippen LogP contribution >= 0.6 is 11.3 Å². The first-order chi connectivity index (χ1) is 14.7. The van der Waals surface area contributed by atoms with Gasteiger partial charge in [0.2, 0.25) is 5.43 Å². The largest absolute Gasteiger partial charge is 0.477 e. The van der Waals surface area contributed by atoms with Gasteiger partial charge in [-0.1, -0.05) is 39.0 Å². The van der Waals surface area contributed by atoms with Crippen LogP contribution in [0.1, 0.15) is 42.7 Å². The molecule has 0 bridgehead atoms. The molecule has 0 amide bonds. The molecule has 0 aliphatic carbocycles. The molecule has 3 aromatic heterocycles. The molecule has 158 valence electrons. The molecule has 1 aromatic carbocycles. The Hall–Kier alpha value is -3.19. The maximum Gasteiger partial charge on any atom is 0.341 e. The Bertz CT molecular complexity index is 1410. The molecule has 1 atom stereocenters. The summed E-state index contributed by atoms with van der Waals surface area (Å²) >= 11 is 1.58. The number of aromatic nitrogens is 1. The predicted molar refractivity (Wildman–Crippen MR) is 118 cm³/mol. The van der Waals surface area contributed by atoms with Crippen molar-refractivity contribution in [3.8, 4) is 22.6 Å². The lowest BCUT2D eigenvalue weighted by atomic mass is 9.79. The number of halogens is 1. The molecule has 0 fully saturated rings. The minimum Gasteiger partial charge on any atom is -0.477 e. The number of hydrogen-bond donors (Lipinski definition) is 1. The molecule has 1 aliphatic rings. The molecule has 4 heterocycles. The highest BCUT2D eigenvalue weighted by Crippen LogP contribution is 2.48. The number of rotatable bonds is 2. The van der Waals surface area contributed by atoms with Crippen molar-refractivity contribution in [2.24, 2.45) is 5.41 Å². The first-order valence-electron chi connectivity index (χ1n) is 9.93. The minimum atomic E-state index is -1.44. The zero-order valence-corrected chi connectivity index (χ0v) is 18.0. The van der Waals surface area contributed by atoms with E-state index in [0.29, 0.717) is 17.8 Å². The summed E-state index contributed by atoms with van der Waals surface area (Å²) in [4.78, 5) is 24.1. The maximum absolute atomic E-state index is 15.4. The summed E-state index contributed by atoms with van der Waals surface area (Å²) in [6, 6.07) is 7.59. The van der Waals surface area contributed by atoms with Crippen LogP contribution in [0.5, 0.6) is 0 Å². The Morgan fingerprint density at radius 3 is 2.71 bits per heavy atom. The van der Waals surface area contributed by atoms with E-state index in [9.17, 15) is 14.7 Å². The third-order valence-electron chi connectivity index (χ3n) is 6.01. The van der Waals surface area contributed by atoms with E-state index in [1.807, 2.05) is 55.8 Å². The molecule has 0 spiro atoms. The number of fused-ring (bicyclic) bond motifs is 5. The SMILES string of the molecule is CC(C)(C)C1Cc2c(oc3c(-c4ccsc4)cccc23)-c2c(F)c(=O)c(C(=O)O)cn21. The molecular formula is C24H20FNO4S. The summed E-state index contributed by atoms with van der Waals surface area (Å²) in [5.41, 5.74) is 1.38. The van der Waals surface area contributed by atoms with Gasteiger partial charge in [0.1, 0.15) is 16.8 Å². The van der Waals surface area contributed by atoms with Crippen LogP contribution in [0.25, 0.3) is 33.6 Å². The van der Waals surface area contributed by atoms with Crippen molar-refractivity contribution < 1.29 is 18.7 Å². The van der Waals surface area contributed by atoms with Gasteiger partial charge in [-0.3, -0.25) is 4.79 Å². The number of furan rings is 1. The third-order valence-corrected chi connectivity index (χ3v) is 6.69. The highest BCUT2D eigenvalue weighted by atomic mass is 32.1. The lowest BCUT2D eigenvalue weighted by Crippen LogP contribution is -2.34. The van der Waals surface area contributed by atoms with Crippen LogP contribution < -0.4 is 5.43 Å². The summed E-state index contributed by atoms with van der Waals surface area (Å²) in [6.07, 6.45) is 1.79. The van der Waals surface area contributed by atoms with Crippen LogP contribution in [0.3, 0.4) is 0 Å². The third kappa shape index (κ3) is 2.87. The van der Waals surface area contributed by atoms with Crippen molar-refractivity contribution in [1.82, 2.24) is 4.57 Å². The first kappa shape index (κ1) is 19.8. The number of carboxylic acid groups (broad SMARTS) is 1. The van der Waals surface area contributed by atoms with E-state index < -0.39 is 22.8 Å². The van der Waals surface area contributed by atoms with E-state index in [2.05, 4.69) is 0 Å². The number of carboxylic acids is 1. The molecule has 31 heavy (non-hydrogen) atoms. The van der Waals surface area contributed by atoms with Crippen LogP contribution in [0.15, 0.2) is 50.4 Å². The number of carbonyl (C=O) groups is 1. The Kier molecular flexibility index (Phi) is 4.24. The summed E-state index contributed by atoms with van der Waals surface area (Å²) in [6.45, 7) is 6.05. The molecule has 5 nitrogen and oxygen atoms in total. The molecule has 5 rings (SSSR count). The van der Waals surface area contributed by atoms with Gasteiger partial charge in [-0.05, 0) is 34.2 Å². The van der Waals surface area contributed by atoms with Crippen LogP contribution in [-0.2, 0) is 6.42 Å². The molecular weight excluding hydrogens is 417 g/mol. The van der Waals surface area contributed by atoms with Gasteiger partial charge in [0.25, 0.3) is 0 Å². The average molecular weight is 437 g/mol. The Labute approximate surface area is 181 Å². The predicted octanol–water partition coefficient (Wildman–Crippen LogP) is 5.97. The summed E-state index contributed by atoms with van der Waals surface area (Å²) < 4.78 is 23.2. The summed E-state index contributed by atoms with van der Waals surface area (Å²) in [5.74, 6) is -2.24. The molecule has 1 unspecified atom stereocenters. The summed E-state index contributed by atoms with van der Waals surface area (Å²) in [7, 11) is 0. The average Bonchev–Trinajstić information content (AvgIpc) is 3.36. The number of aromatic carboxylic acids is 1. The van der Waals surface area contributed by atoms with Crippen molar-refractivity contribution in [2.75, 3.05) is 0 Å². The van der Waals surface area contributed by atoms with E-state index in [1.54, 1.807) is 15.9 Å². The molecule has 1 aliphatic heterocycles. The second kappa shape index (κ2) is 6.65. The number of para-hydroxylation sites is 1. The van der Waals surface area contributed by atoms with Crippen molar-refractivity contribution in [3.05, 3.63) is 68.4 Å². The fraction of sp³-hybridized carbons (Fsp3) is 0.250. The lowest BCUT2D eigenvalue weighted by molar-refractivity contribution is 0.0692. The monoisotopic (exact) mass is 437 g/mol. The van der Waals surface area contributed by atoms with E-state index in [0.717, 1.165) is 22.1 Å². The molecule has 7 heteroatoms. The Balaban J connectivity index is 1.88. The van der Waals surface area contributed by atoms with E-state index in [-0.39, 0.29) is 17.2 Å². The van der Waals surface area contributed by atoms with Gasteiger partial charge >= 0.3 is 5.97 Å². The van der Waals surface area contributed by atoms with E-state index in [4.69, 9.17) is 4.42 Å². The second-order valence-electron chi connectivity index (χ2n) is 8.94. The molecule has 0 saturated carbocycles. The number of hydrogen-bond acceptors (Lipinski definition) is 4. The smallest absolute Gasteiger partial charge is 0.341 e. The van der Waals surface area contributed by atoms with Gasteiger partial charge in [-0.2, -0.15) is 11.3 Å². The van der Waals surface area contributed by atoms with Crippen LogP contribution in [-0.4, -0.2) is 15.6 Å². The van der Waals surface area contributed by atoms with Crippen LogP contribution in [0, 0.1) is 11.2 Å². The standard InChI is InChI=1S/C24H20FNO4S/c1-24(2,3)17-9-15-14-6-4-5-13(12-7-8-31-11-12)21(14)30-22(15)19-18(25)20(27)16(23(28)29)10-26(17)19/h4-8,10-11,17H,9H2,1-3H3,(H,28,29). The zero-order chi connectivity index (χ0) is 22.1. The van der Waals surface area contributed by atoms with Gasteiger partial charge in [-0.15, -0.1) is 0 Å². The van der Waals surface area contributed by atoms with Gasteiger partial charge in [0.05, 0.1) is 0 Å². The van der Waals surface area contributed by atoms with Gasteiger partial charge in [0, 0.05) is 28.8 Å². The number of nitrogens with zero attached hydrogens (tertiary/aromatic N) is 1. The second-order valence-corrected chi connectivity index (χ2v) is 9.72. The van der Waals surface area contributed by atoms with Crippen molar-refractivity contribution in [3.63, 3.8) is 0 Å². The van der Waals surface area contributed by atoms with Crippen molar-refractivity contribution >= 4 is 28.3 Å². The molecule has 0 saturated heterocycles. The lowest BCUT2D eigenvalue weighted by Gasteiger charge is -2.37. The minimum absolute atomic E-state index is 0.0173. The molecule has 4 aromatic rings. The molecule has 1 N–H and O–H groups in total. The first-order valence-corrected chi connectivity index (χ1v) is 10.9. The Morgan fingerprint density at radius 2 is 2.06 bits per heavy atom. The number of benzene rings is 1. The fourth-order valence-electron chi connectivity index (χ4n) is 4.44. The van der Waals surface area contributed by atoms with Crippen molar-refractivity contribution in [1.29, 1.82) is 0 Å². The topological polar surface area (TPSA) is 72.4 Å². The van der Waals surface area contributed by atoms with E-state index >= 15 is 4.39 Å². The Morgan fingerprint density at radius 1 is 1.29 bits per heavy atom.